The molecule has 0 bridgehead atoms. The second-order valence-corrected chi connectivity index (χ2v) is 6.70. The predicted molar refractivity (Wildman–Crippen MR) is 106 cm³/mol. The molecule has 2 aromatic rings. The van der Waals surface area contributed by atoms with Crippen LogP contribution in [0.15, 0.2) is 54.0 Å². The molecule has 6 nitrogen and oxygen atoms in total. The van der Waals surface area contributed by atoms with Crippen LogP contribution >= 0.6 is 0 Å². The average molecular weight is 355 g/mol. The van der Waals surface area contributed by atoms with Gasteiger partial charge in [0.05, 0.1) is 12.4 Å². The number of guanidine groups is 1. The van der Waals surface area contributed by atoms with Crippen LogP contribution in [0.2, 0.25) is 0 Å². The molecule has 2 heterocycles. The van der Waals surface area contributed by atoms with Crippen LogP contribution in [0.1, 0.15) is 30.9 Å². The summed E-state index contributed by atoms with van der Waals surface area (Å²) in [6.07, 6.45) is 9.29. The number of hydrogen-bond acceptors (Lipinski definition) is 3. The lowest BCUT2D eigenvalue weighted by molar-refractivity contribution is 0.245. The summed E-state index contributed by atoms with van der Waals surface area (Å²) in [4.78, 5) is 11.0. The van der Waals surface area contributed by atoms with E-state index in [1.54, 1.807) is 0 Å². The Bertz CT molecular complexity index is 646. The van der Waals surface area contributed by atoms with Crippen molar-refractivity contribution in [3.63, 3.8) is 0 Å². The molecule has 1 aromatic carbocycles. The molecule has 0 amide bonds. The molecule has 1 saturated heterocycles. The van der Waals surface area contributed by atoms with Gasteiger partial charge in [-0.15, -0.1) is 0 Å². The Hall–Kier alpha value is -2.34. The van der Waals surface area contributed by atoms with E-state index in [9.17, 15) is 0 Å². The summed E-state index contributed by atoms with van der Waals surface area (Å²) in [7, 11) is 1.83. The highest BCUT2D eigenvalue weighted by atomic mass is 15.2. The Kier molecular flexibility index (Phi) is 7.07. The Morgan fingerprint density at radius 2 is 2.00 bits per heavy atom. The average Bonchev–Trinajstić information content (AvgIpc) is 3.38. The van der Waals surface area contributed by atoms with E-state index in [0.29, 0.717) is 6.04 Å². The number of aromatic nitrogens is 2. The maximum Gasteiger partial charge on any atom is 0.191 e. The first-order valence-corrected chi connectivity index (χ1v) is 9.56. The third-order valence-corrected chi connectivity index (χ3v) is 4.90. The molecule has 1 aromatic heterocycles. The van der Waals surface area contributed by atoms with Gasteiger partial charge in [0.1, 0.15) is 0 Å². The Morgan fingerprint density at radius 1 is 1.19 bits per heavy atom. The summed E-state index contributed by atoms with van der Waals surface area (Å²) in [6, 6.07) is 11.2. The van der Waals surface area contributed by atoms with Crippen molar-refractivity contribution in [1.29, 1.82) is 0 Å². The molecule has 1 aliphatic rings. The molecule has 1 atom stereocenters. The van der Waals surface area contributed by atoms with Gasteiger partial charge in [-0.05, 0) is 37.9 Å². The van der Waals surface area contributed by atoms with E-state index in [0.717, 1.165) is 32.0 Å². The molecular formula is C20H30N6. The summed E-state index contributed by atoms with van der Waals surface area (Å²) in [5.41, 5.74) is 1.37. The van der Waals surface area contributed by atoms with Gasteiger partial charge in [0.15, 0.2) is 5.96 Å². The van der Waals surface area contributed by atoms with E-state index in [2.05, 4.69) is 60.4 Å². The van der Waals surface area contributed by atoms with Crippen molar-refractivity contribution in [2.75, 3.05) is 33.2 Å². The molecule has 1 aliphatic heterocycles. The first-order chi connectivity index (χ1) is 12.9. The molecule has 3 rings (SSSR count). The second-order valence-electron chi connectivity index (χ2n) is 6.70. The summed E-state index contributed by atoms with van der Waals surface area (Å²) in [5.74, 6) is 0.871. The largest absolute Gasteiger partial charge is 0.356 e. The van der Waals surface area contributed by atoms with Crippen LogP contribution in [0.4, 0.5) is 0 Å². The maximum atomic E-state index is 4.37. The Labute approximate surface area is 156 Å². The van der Waals surface area contributed by atoms with Crippen LogP contribution < -0.4 is 10.6 Å². The molecule has 0 spiro atoms. The first-order valence-electron chi connectivity index (χ1n) is 9.56. The number of aliphatic imine (C=N–C) groups is 1. The van der Waals surface area contributed by atoms with Gasteiger partial charge < -0.3 is 15.2 Å². The van der Waals surface area contributed by atoms with E-state index in [1.165, 1.54) is 31.5 Å². The fourth-order valence-electron chi connectivity index (χ4n) is 3.49. The fourth-order valence-corrected chi connectivity index (χ4v) is 3.49. The molecule has 0 saturated carbocycles. The fraction of sp³-hybridized carbons (Fsp3) is 0.500. The monoisotopic (exact) mass is 354 g/mol. The van der Waals surface area contributed by atoms with Gasteiger partial charge in [0, 0.05) is 39.1 Å². The molecule has 140 valence electrons. The molecule has 1 unspecified atom stereocenters. The number of aryl methyl sites for hydroxylation is 1. The number of likely N-dealkylation sites (tertiary alicyclic amines) is 1. The number of hydrogen-bond donors (Lipinski definition) is 2. The normalized spacial score (nSPS) is 16.6. The minimum Gasteiger partial charge on any atom is -0.356 e. The van der Waals surface area contributed by atoms with Crippen LogP contribution in [0.25, 0.3) is 0 Å². The Balaban J connectivity index is 1.48. The van der Waals surface area contributed by atoms with E-state index < -0.39 is 0 Å². The van der Waals surface area contributed by atoms with Crippen molar-refractivity contribution >= 4 is 5.96 Å². The van der Waals surface area contributed by atoms with E-state index in [-0.39, 0.29) is 0 Å². The van der Waals surface area contributed by atoms with Gasteiger partial charge in [0.2, 0.25) is 0 Å². The molecule has 1 fully saturated rings. The zero-order chi connectivity index (χ0) is 18.0. The lowest BCUT2D eigenvalue weighted by Crippen LogP contribution is -2.43. The number of nitrogens with zero attached hydrogens (tertiary/aromatic N) is 4. The van der Waals surface area contributed by atoms with Gasteiger partial charge in [-0.3, -0.25) is 9.89 Å². The first kappa shape index (κ1) is 18.5. The topological polar surface area (TPSA) is 57.5 Å². The zero-order valence-corrected chi connectivity index (χ0v) is 15.6. The summed E-state index contributed by atoms with van der Waals surface area (Å²) >= 11 is 0. The highest BCUT2D eigenvalue weighted by Crippen LogP contribution is 2.24. The van der Waals surface area contributed by atoms with Gasteiger partial charge in [0.25, 0.3) is 0 Å². The van der Waals surface area contributed by atoms with Crippen LogP contribution in [-0.4, -0.2) is 53.6 Å². The van der Waals surface area contributed by atoms with Gasteiger partial charge in [-0.1, -0.05) is 30.3 Å². The summed E-state index contributed by atoms with van der Waals surface area (Å²) < 4.78 is 2.09. The van der Waals surface area contributed by atoms with Crippen LogP contribution in [-0.2, 0) is 6.54 Å². The van der Waals surface area contributed by atoms with Crippen molar-refractivity contribution < 1.29 is 0 Å². The molecular weight excluding hydrogens is 324 g/mol. The maximum absolute atomic E-state index is 4.37. The summed E-state index contributed by atoms with van der Waals surface area (Å²) in [6.45, 7) is 5.07. The SMILES string of the molecule is CN=C(NCCCn1ccnc1)NCC(c1ccccc1)N1CCCC1. The van der Waals surface area contributed by atoms with Crippen molar-refractivity contribution in [3.05, 3.63) is 54.6 Å². The number of nitrogens with one attached hydrogen (secondary N) is 2. The van der Waals surface area contributed by atoms with Crippen LogP contribution in [0.3, 0.4) is 0 Å². The highest BCUT2D eigenvalue weighted by molar-refractivity contribution is 5.79. The summed E-state index contributed by atoms with van der Waals surface area (Å²) in [5, 5.41) is 6.93. The Morgan fingerprint density at radius 3 is 2.69 bits per heavy atom. The minimum absolute atomic E-state index is 0.392. The van der Waals surface area contributed by atoms with E-state index in [1.807, 2.05) is 25.8 Å². The molecule has 0 radical (unpaired) electrons. The predicted octanol–water partition coefficient (Wildman–Crippen LogP) is 2.28. The van der Waals surface area contributed by atoms with Gasteiger partial charge >= 0.3 is 0 Å². The van der Waals surface area contributed by atoms with Gasteiger partial charge in [-0.2, -0.15) is 0 Å². The second kappa shape index (κ2) is 9.97. The lowest BCUT2D eigenvalue weighted by atomic mass is 10.1. The number of rotatable bonds is 8. The molecule has 2 N–H and O–H groups in total. The lowest BCUT2D eigenvalue weighted by Gasteiger charge is -2.29. The zero-order valence-electron chi connectivity index (χ0n) is 15.6. The van der Waals surface area contributed by atoms with Crippen molar-refractivity contribution in [1.82, 2.24) is 25.1 Å². The number of imidazole rings is 1. The van der Waals surface area contributed by atoms with Crippen LogP contribution in [0, 0.1) is 0 Å². The number of benzene rings is 1. The highest BCUT2D eigenvalue weighted by Gasteiger charge is 2.23. The molecule has 6 heteroatoms. The smallest absolute Gasteiger partial charge is 0.191 e. The molecule has 0 aliphatic carbocycles. The van der Waals surface area contributed by atoms with Crippen molar-refractivity contribution in [2.45, 2.75) is 31.8 Å². The van der Waals surface area contributed by atoms with Crippen molar-refractivity contribution in [3.8, 4) is 0 Å². The van der Waals surface area contributed by atoms with Gasteiger partial charge in [-0.25, -0.2) is 4.98 Å². The van der Waals surface area contributed by atoms with E-state index in [4.69, 9.17) is 0 Å². The standard InChI is InChI=1S/C20H30N6/c1-21-20(23-10-7-12-25-15-11-22-17-25)24-16-19(26-13-5-6-14-26)18-8-3-2-4-9-18/h2-4,8-9,11,15,17,19H,5-7,10,12-14,16H2,1H3,(H2,21,23,24). The minimum atomic E-state index is 0.392. The van der Waals surface area contributed by atoms with Crippen molar-refractivity contribution in [2.24, 2.45) is 4.99 Å². The molecule has 26 heavy (non-hydrogen) atoms. The van der Waals surface area contributed by atoms with E-state index >= 15 is 0 Å². The third kappa shape index (κ3) is 5.33. The quantitative estimate of drug-likeness (QED) is 0.434. The third-order valence-electron chi connectivity index (χ3n) is 4.90. The van der Waals surface area contributed by atoms with Crippen LogP contribution in [0.5, 0.6) is 0 Å².